The first-order chi connectivity index (χ1) is 9.11. The Labute approximate surface area is 113 Å². The molecule has 0 aliphatic carbocycles. The van der Waals surface area contributed by atoms with Gasteiger partial charge in [-0.25, -0.2) is 0 Å². The van der Waals surface area contributed by atoms with Gasteiger partial charge in [0.05, 0.1) is 26.2 Å². The Morgan fingerprint density at radius 1 is 1.47 bits per heavy atom. The number of likely N-dealkylation sites (tertiary alicyclic amines) is 1. The minimum atomic E-state index is -0.297. The topological polar surface area (TPSA) is 59.1 Å². The number of nitrogens with zero attached hydrogens (tertiary/aromatic N) is 2. The summed E-state index contributed by atoms with van der Waals surface area (Å²) in [6.07, 6.45) is 0.280. The highest BCUT2D eigenvalue weighted by atomic mass is 16.5. The number of morpholine rings is 1. The van der Waals surface area contributed by atoms with Crippen LogP contribution in [0.5, 0.6) is 0 Å². The number of esters is 1. The first-order valence-electron chi connectivity index (χ1n) is 6.79. The number of hydrogen-bond donors (Lipinski definition) is 0. The third kappa shape index (κ3) is 3.45. The van der Waals surface area contributed by atoms with Gasteiger partial charge in [-0.3, -0.25) is 14.5 Å². The minimum Gasteiger partial charge on any atom is -0.469 e. The van der Waals surface area contributed by atoms with E-state index < -0.39 is 0 Å². The maximum Gasteiger partial charge on any atom is 0.310 e. The van der Waals surface area contributed by atoms with E-state index in [1.54, 1.807) is 4.90 Å². The molecule has 2 heterocycles. The van der Waals surface area contributed by atoms with Crippen LogP contribution in [-0.4, -0.2) is 74.2 Å². The van der Waals surface area contributed by atoms with Crippen molar-refractivity contribution in [3.63, 3.8) is 0 Å². The number of amides is 1. The van der Waals surface area contributed by atoms with E-state index in [1.807, 2.05) is 0 Å². The molecule has 2 fully saturated rings. The Kier molecular flexibility index (Phi) is 4.76. The molecule has 19 heavy (non-hydrogen) atoms. The zero-order valence-corrected chi connectivity index (χ0v) is 11.6. The summed E-state index contributed by atoms with van der Waals surface area (Å²) in [4.78, 5) is 27.5. The fourth-order valence-electron chi connectivity index (χ4n) is 2.73. The largest absolute Gasteiger partial charge is 0.469 e. The monoisotopic (exact) mass is 270 g/mol. The van der Waals surface area contributed by atoms with E-state index in [0.717, 1.165) is 26.3 Å². The lowest BCUT2D eigenvalue weighted by Gasteiger charge is -2.34. The molecular formula is C13H22N2O4. The van der Waals surface area contributed by atoms with E-state index in [0.29, 0.717) is 19.1 Å². The highest BCUT2D eigenvalue weighted by Gasteiger charge is 2.36. The van der Waals surface area contributed by atoms with Crippen molar-refractivity contribution in [2.45, 2.75) is 19.4 Å². The number of ether oxygens (including phenoxy) is 2. The summed E-state index contributed by atoms with van der Waals surface area (Å²) in [5, 5.41) is 0. The van der Waals surface area contributed by atoms with Crippen LogP contribution in [0.2, 0.25) is 0 Å². The molecule has 2 aliphatic rings. The lowest BCUT2D eigenvalue weighted by molar-refractivity contribution is -0.145. The predicted molar refractivity (Wildman–Crippen MR) is 68.6 cm³/mol. The SMILES string of the molecule is COC(=O)C1CC(=O)N(CC(C)N2CCOCC2)C1. The third-order valence-electron chi connectivity index (χ3n) is 3.90. The lowest BCUT2D eigenvalue weighted by Crippen LogP contribution is -2.47. The van der Waals surface area contributed by atoms with Gasteiger partial charge >= 0.3 is 5.97 Å². The van der Waals surface area contributed by atoms with E-state index in [4.69, 9.17) is 9.47 Å². The van der Waals surface area contributed by atoms with Gasteiger partial charge in [-0.15, -0.1) is 0 Å². The first-order valence-corrected chi connectivity index (χ1v) is 6.79. The van der Waals surface area contributed by atoms with E-state index >= 15 is 0 Å². The standard InChI is InChI=1S/C13H22N2O4/c1-10(14-3-5-19-6-4-14)8-15-9-11(7-12(15)16)13(17)18-2/h10-11H,3-9H2,1-2H3. The summed E-state index contributed by atoms with van der Waals surface area (Å²) >= 11 is 0. The number of rotatable bonds is 4. The Bertz CT molecular complexity index is 342. The van der Waals surface area contributed by atoms with Crippen LogP contribution in [-0.2, 0) is 19.1 Å². The van der Waals surface area contributed by atoms with Gasteiger partial charge in [-0.05, 0) is 6.92 Å². The fourth-order valence-corrected chi connectivity index (χ4v) is 2.73. The first kappa shape index (κ1) is 14.3. The summed E-state index contributed by atoms with van der Waals surface area (Å²) in [6, 6.07) is 0.296. The van der Waals surface area contributed by atoms with Crippen LogP contribution in [0.1, 0.15) is 13.3 Å². The van der Waals surface area contributed by atoms with Crippen molar-refractivity contribution in [2.75, 3.05) is 46.5 Å². The number of methoxy groups -OCH3 is 1. The molecule has 0 aromatic heterocycles. The zero-order valence-electron chi connectivity index (χ0n) is 11.6. The van der Waals surface area contributed by atoms with E-state index in [2.05, 4.69) is 11.8 Å². The predicted octanol–water partition coefficient (Wildman–Crippen LogP) is -0.271. The molecule has 0 aromatic rings. The van der Waals surface area contributed by atoms with Gasteiger partial charge in [0.2, 0.25) is 5.91 Å². The molecule has 2 saturated heterocycles. The second-order valence-corrected chi connectivity index (χ2v) is 5.22. The van der Waals surface area contributed by atoms with E-state index in [-0.39, 0.29) is 24.2 Å². The minimum absolute atomic E-state index is 0.0514. The average molecular weight is 270 g/mol. The van der Waals surface area contributed by atoms with E-state index in [9.17, 15) is 9.59 Å². The molecule has 0 saturated carbocycles. The van der Waals surface area contributed by atoms with Gasteiger partial charge in [0.15, 0.2) is 0 Å². The molecule has 0 N–H and O–H groups in total. The summed E-state index contributed by atoms with van der Waals surface area (Å²) < 4.78 is 10.0. The van der Waals surface area contributed by atoms with Gasteiger partial charge in [0.1, 0.15) is 0 Å². The van der Waals surface area contributed by atoms with Crippen LogP contribution in [0.15, 0.2) is 0 Å². The van der Waals surface area contributed by atoms with Gasteiger partial charge in [-0.2, -0.15) is 0 Å². The van der Waals surface area contributed by atoms with Crippen molar-refractivity contribution in [1.82, 2.24) is 9.80 Å². The molecule has 6 heteroatoms. The molecule has 0 radical (unpaired) electrons. The second-order valence-electron chi connectivity index (χ2n) is 5.22. The van der Waals surface area contributed by atoms with E-state index in [1.165, 1.54) is 7.11 Å². The highest BCUT2D eigenvalue weighted by molar-refractivity contribution is 5.86. The molecule has 0 aromatic carbocycles. The summed E-state index contributed by atoms with van der Waals surface area (Å²) in [6.45, 7) is 6.59. The number of carbonyl (C=O) groups excluding carboxylic acids is 2. The maximum absolute atomic E-state index is 11.9. The van der Waals surface area contributed by atoms with Crippen molar-refractivity contribution in [3.05, 3.63) is 0 Å². The summed E-state index contributed by atoms with van der Waals surface area (Å²) in [7, 11) is 1.37. The van der Waals surface area contributed by atoms with Crippen LogP contribution in [0.3, 0.4) is 0 Å². The zero-order chi connectivity index (χ0) is 13.8. The summed E-state index contributed by atoms with van der Waals surface area (Å²) in [5.74, 6) is -0.528. The Balaban J connectivity index is 1.85. The molecule has 6 nitrogen and oxygen atoms in total. The molecule has 2 rings (SSSR count). The average Bonchev–Trinajstić information content (AvgIpc) is 2.80. The van der Waals surface area contributed by atoms with Crippen molar-refractivity contribution in [3.8, 4) is 0 Å². The van der Waals surface area contributed by atoms with Crippen molar-refractivity contribution >= 4 is 11.9 Å². The van der Waals surface area contributed by atoms with Crippen molar-refractivity contribution in [2.24, 2.45) is 5.92 Å². The highest BCUT2D eigenvalue weighted by Crippen LogP contribution is 2.20. The number of hydrogen-bond acceptors (Lipinski definition) is 5. The van der Waals surface area contributed by atoms with Crippen LogP contribution < -0.4 is 0 Å². The molecule has 1 amide bonds. The quantitative estimate of drug-likeness (QED) is 0.658. The van der Waals surface area contributed by atoms with Crippen molar-refractivity contribution in [1.29, 1.82) is 0 Å². The van der Waals surface area contributed by atoms with Gasteiger partial charge in [0.25, 0.3) is 0 Å². The fraction of sp³-hybridized carbons (Fsp3) is 0.846. The molecule has 0 bridgehead atoms. The summed E-state index contributed by atoms with van der Waals surface area (Å²) in [5.41, 5.74) is 0. The molecule has 2 unspecified atom stereocenters. The van der Waals surface area contributed by atoms with Gasteiger partial charge in [0, 0.05) is 38.6 Å². The lowest BCUT2D eigenvalue weighted by atomic mass is 10.1. The molecule has 108 valence electrons. The normalized spacial score (nSPS) is 26.5. The smallest absolute Gasteiger partial charge is 0.310 e. The van der Waals surface area contributed by atoms with Crippen LogP contribution >= 0.6 is 0 Å². The van der Waals surface area contributed by atoms with Crippen LogP contribution in [0.4, 0.5) is 0 Å². The molecule has 2 aliphatic heterocycles. The molecular weight excluding hydrogens is 248 g/mol. The Morgan fingerprint density at radius 3 is 2.79 bits per heavy atom. The molecule has 2 atom stereocenters. The Morgan fingerprint density at radius 2 is 2.16 bits per heavy atom. The third-order valence-corrected chi connectivity index (χ3v) is 3.90. The number of carbonyl (C=O) groups is 2. The Hall–Kier alpha value is -1.14. The van der Waals surface area contributed by atoms with Gasteiger partial charge in [-0.1, -0.05) is 0 Å². The molecule has 0 spiro atoms. The van der Waals surface area contributed by atoms with Crippen LogP contribution in [0.25, 0.3) is 0 Å². The maximum atomic E-state index is 11.9. The second kappa shape index (κ2) is 6.34. The van der Waals surface area contributed by atoms with Crippen LogP contribution in [0, 0.1) is 5.92 Å². The van der Waals surface area contributed by atoms with Gasteiger partial charge < -0.3 is 14.4 Å². The van der Waals surface area contributed by atoms with Crippen molar-refractivity contribution < 1.29 is 19.1 Å².